The largest absolute Gasteiger partial charge is 0.338 e. The van der Waals surface area contributed by atoms with E-state index < -0.39 is 0 Å². The van der Waals surface area contributed by atoms with Gasteiger partial charge in [-0.2, -0.15) is 5.26 Å². The van der Waals surface area contributed by atoms with Crippen LogP contribution in [0.4, 0.5) is 0 Å². The van der Waals surface area contributed by atoms with E-state index >= 15 is 0 Å². The lowest BCUT2D eigenvalue weighted by Crippen LogP contribution is -2.38. The predicted octanol–water partition coefficient (Wildman–Crippen LogP) is 3.28. The van der Waals surface area contributed by atoms with Crippen LogP contribution in [0.3, 0.4) is 0 Å². The third-order valence-corrected chi connectivity index (χ3v) is 4.83. The van der Waals surface area contributed by atoms with Crippen molar-refractivity contribution in [3.8, 4) is 6.07 Å². The lowest BCUT2D eigenvalue weighted by Gasteiger charge is -2.25. The summed E-state index contributed by atoms with van der Waals surface area (Å²) in [5.74, 6) is 0.439. The van der Waals surface area contributed by atoms with E-state index in [1.54, 1.807) is 16.7 Å². The number of pyridine rings is 1. The molecule has 1 heterocycles. The summed E-state index contributed by atoms with van der Waals surface area (Å²) in [6, 6.07) is 7.62. The van der Waals surface area contributed by atoms with Crippen molar-refractivity contribution in [2.24, 2.45) is 5.92 Å². The molecular formula is C19H20BrN3O2. The van der Waals surface area contributed by atoms with Crippen LogP contribution in [0.25, 0.3) is 10.9 Å². The molecule has 1 aliphatic carbocycles. The van der Waals surface area contributed by atoms with Gasteiger partial charge in [0.2, 0.25) is 11.3 Å². The first-order chi connectivity index (χ1) is 11.9. The number of nitrogens with zero attached hydrogens (tertiary/aromatic N) is 3. The Bertz CT molecular complexity index is 923. The van der Waals surface area contributed by atoms with Gasteiger partial charge in [0, 0.05) is 28.6 Å². The fraction of sp³-hybridized carbons (Fsp3) is 0.421. The van der Waals surface area contributed by atoms with Crippen LogP contribution in [-0.4, -0.2) is 28.0 Å². The second-order valence-corrected chi connectivity index (χ2v) is 7.86. The second-order valence-electron chi connectivity index (χ2n) is 6.94. The molecule has 3 rings (SSSR count). The third-order valence-electron chi connectivity index (χ3n) is 4.34. The maximum Gasteiger partial charge on any atom is 0.242 e. The van der Waals surface area contributed by atoms with Gasteiger partial charge in [-0.1, -0.05) is 29.8 Å². The Labute approximate surface area is 155 Å². The number of carbonyl (C=O) groups is 1. The monoisotopic (exact) mass is 401 g/mol. The number of halogens is 1. The molecule has 130 valence electrons. The van der Waals surface area contributed by atoms with Crippen LogP contribution in [-0.2, 0) is 11.3 Å². The SMILES string of the molecule is CC(C)CN(C(=O)Cn1cc(C#N)c(=O)c2cc(Br)ccc21)C1CC1. The quantitative estimate of drug-likeness (QED) is 0.771. The first kappa shape index (κ1) is 17.7. The van der Waals surface area contributed by atoms with Crippen molar-refractivity contribution >= 4 is 32.7 Å². The molecule has 1 fully saturated rings. The number of hydrogen-bond acceptors (Lipinski definition) is 3. The molecule has 1 aliphatic rings. The zero-order valence-electron chi connectivity index (χ0n) is 14.3. The summed E-state index contributed by atoms with van der Waals surface area (Å²) in [4.78, 5) is 27.2. The van der Waals surface area contributed by atoms with Crippen molar-refractivity contribution in [3.05, 3.63) is 44.7 Å². The molecule has 1 saturated carbocycles. The molecular weight excluding hydrogens is 382 g/mol. The van der Waals surface area contributed by atoms with Crippen LogP contribution in [0, 0.1) is 17.2 Å². The van der Waals surface area contributed by atoms with Crippen LogP contribution in [0.5, 0.6) is 0 Å². The number of rotatable bonds is 5. The van der Waals surface area contributed by atoms with E-state index in [9.17, 15) is 14.9 Å². The number of hydrogen-bond donors (Lipinski definition) is 0. The Balaban J connectivity index is 2.00. The molecule has 1 aromatic heterocycles. The summed E-state index contributed by atoms with van der Waals surface area (Å²) in [5.41, 5.74) is 0.421. The molecule has 25 heavy (non-hydrogen) atoms. The molecule has 2 aromatic rings. The average Bonchev–Trinajstić information content (AvgIpc) is 3.39. The van der Waals surface area contributed by atoms with Crippen molar-refractivity contribution < 1.29 is 4.79 Å². The van der Waals surface area contributed by atoms with Crippen molar-refractivity contribution in [1.82, 2.24) is 9.47 Å². The van der Waals surface area contributed by atoms with Gasteiger partial charge in [0.25, 0.3) is 0 Å². The van der Waals surface area contributed by atoms with Gasteiger partial charge >= 0.3 is 0 Å². The van der Waals surface area contributed by atoms with Crippen molar-refractivity contribution in [3.63, 3.8) is 0 Å². The number of carbonyl (C=O) groups excluding carboxylic acids is 1. The van der Waals surface area contributed by atoms with E-state index in [0.717, 1.165) is 23.9 Å². The van der Waals surface area contributed by atoms with Crippen LogP contribution >= 0.6 is 15.9 Å². The Hall–Kier alpha value is -2.13. The summed E-state index contributed by atoms with van der Waals surface area (Å²) in [7, 11) is 0. The van der Waals surface area contributed by atoms with Gasteiger partial charge < -0.3 is 9.47 Å². The minimum absolute atomic E-state index is 0.0351. The van der Waals surface area contributed by atoms with Gasteiger partial charge in [0.05, 0.1) is 5.52 Å². The molecule has 0 spiro atoms. The lowest BCUT2D eigenvalue weighted by molar-refractivity contribution is -0.132. The predicted molar refractivity (Wildman–Crippen MR) is 100 cm³/mol. The second kappa shape index (κ2) is 7.01. The topological polar surface area (TPSA) is 66.1 Å². The smallest absolute Gasteiger partial charge is 0.242 e. The Morgan fingerprint density at radius 2 is 2.16 bits per heavy atom. The van der Waals surface area contributed by atoms with E-state index in [2.05, 4.69) is 29.8 Å². The van der Waals surface area contributed by atoms with Crippen LogP contribution in [0.15, 0.2) is 33.7 Å². The number of fused-ring (bicyclic) bond motifs is 1. The molecule has 0 radical (unpaired) electrons. The fourth-order valence-electron chi connectivity index (χ4n) is 3.05. The van der Waals surface area contributed by atoms with Crippen LogP contribution in [0.2, 0.25) is 0 Å². The summed E-state index contributed by atoms with van der Waals surface area (Å²) in [6.07, 6.45) is 3.61. The Morgan fingerprint density at radius 3 is 2.76 bits per heavy atom. The van der Waals surface area contributed by atoms with Gasteiger partial charge in [0.1, 0.15) is 18.2 Å². The van der Waals surface area contributed by atoms with Gasteiger partial charge in [-0.15, -0.1) is 0 Å². The van der Waals surface area contributed by atoms with Crippen molar-refractivity contribution in [1.29, 1.82) is 5.26 Å². The molecule has 6 heteroatoms. The number of aromatic nitrogens is 1. The molecule has 0 N–H and O–H groups in total. The van der Waals surface area contributed by atoms with Gasteiger partial charge in [-0.3, -0.25) is 9.59 Å². The highest BCUT2D eigenvalue weighted by Gasteiger charge is 2.32. The van der Waals surface area contributed by atoms with E-state index in [1.807, 2.05) is 17.0 Å². The van der Waals surface area contributed by atoms with Crippen LogP contribution in [0.1, 0.15) is 32.3 Å². The summed E-state index contributed by atoms with van der Waals surface area (Å²) in [6.45, 7) is 5.07. The number of nitriles is 1. The van der Waals surface area contributed by atoms with Gasteiger partial charge in [0.15, 0.2) is 0 Å². The molecule has 1 amide bonds. The minimum Gasteiger partial charge on any atom is -0.338 e. The van der Waals surface area contributed by atoms with Crippen molar-refractivity contribution in [2.75, 3.05) is 6.54 Å². The number of amides is 1. The molecule has 0 aliphatic heterocycles. The molecule has 1 aromatic carbocycles. The minimum atomic E-state index is -0.302. The van der Waals surface area contributed by atoms with Crippen molar-refractivity contribution in [2.45, 2.75) is 39.3 Å². The Morgan fingerprint density at radius 1 is 1.44 bits per heavy atom. The lowest BCUT2D eigenvalue weighted by atomic mass is 10.1. The summed E-state index contributed by atoms with van der Waals surface area (Å²) >= 11 is 3.36. The van der Waals surface area contributed by atoms with E-state index in [1.165, 1.54) is 6.20 Å². The highest BCUT2D eigenvalue weighted by Crippen LogP contribution is 2.28. The first-order valence-electron chi connectivity index (χ1n) is 8.43. The highest BCUT2D eigenvalue weighted by molar-refractivity contribution is 9.10. The molecule has 0 saturated heterocycles. The Kier molecular flexibility index (Phi) is 4.96. The zero-order valence-corrected chi connectivity index (χ0v) is 15.9. The van der Waals surface area contributed by atoms with Gasteiger partial charge in [-0.05, 0) is 37.0 Å². The zero-order chi connectivity index (χ0) is 18.1. The first-order valence-corrected chi connectivity index (χ1v) is 9.22. The van der Waals surface area contributed by atoms with E-state index in [0.29, 0.717) is 22.9 Å². The van der Waals surface area contributed by atoms with Gasteiger partial charge in [-0.25, -0.2) is 0 Å². The molecule has 0 atom stereocenters. The van der Waals surface area contributed by atoms with Crippen LogP contribution < -0.4 is 5.43 Å². The highest BCUT2D eigenvalue weighted by atomic mass is 79.9. The number of benzene rings is 1. The molecule has 0 bridgehead atoms. The maximum atomic E-state index is 12.9. The summed E-state index contributed by atoms with van der Waals surface area (Å²) in [5, 5.41) is 9.71. The standard InChI is InChI=1S/C19H20BrN3O2/c1-12(2)9-23(15-4-5-15)18(24)11-22-10-13(8-21)19(25)16-7-14(20)3-6-17(16)22/h3,6-7,10,12,15H,4-5,9,11H2,1-2H3. The normalized spacial score (nSPS) is 13.9. The summed E-state index contributed by atoms with van der Waals surface area (Å²) < 4.78 is 2.49. The van der Waals surface area contributed by atoms with E-state index in [4.69, 9.17) is 0 Å². The fourth-order valence-corrected chi connectivity index (χ4v) is 3.41. The third kappa shape index (κ3) is 3.77. The van der Waals surface area contributed by atoms with E-state index in [-0.39, 0.29) is 23.4 Å². The molecule has 5 nitrogen and oxygen atoms in total. The average molecular weight is 402 g/mol. The maximum absolute atomic E-state index is 12.9. The molecule has 0 unspecified atom stereocenters.